The third-order valence-electron chi connectivity index (χ3n) is 12.0. The molecule has 7 heteroatoms. The van der Waals surface area contributed by atoms with E-state index in [9.17, 15) is 14.4 Å². The lowest BCUT2D eigenvalue weighted by molar-refractivity contribution is -0.150. The van der Waals surface area contributed by atoms with Gasteiger partial charge >= 0.3 is 17.9 Å². The van der Waals surface area contributed by atoms with Crippen LogP contribution in [0.15, 0.2) is 0 Å². The molecule has 338 valence electrons. The lowest BCUT2D eigenvalue weighted by Gasteiger charge is -2.21. The number of rotatable bonds is 41. The van der Waals surface area contributed by atoms with Crippen LogP contribution in [0.1, 0.15) is 235 Å². The molecule has 3 unspecified atom stereocenters. The summed E-state index contributed by atoms with van der Waals surface area (Å²) >= 11 is 0. The molecule has 3 atom stereocenters. The first-order valence-electron chi connectivity index (χ1n) is 24.5. The van der Waals surface area contributed by atoms with Crippen molar-refractivity contribution in [3.8, 4) is 0 Å². The number of carbonyl (C=O) groups is 3. The number of ether oxygens (including phenoxy) is 3. The zero-order chi connectivity index (χ0) is 42.5. The van der Waals surface area contributed by atoms with Crippen molar-refractivity contribution in [2.24, 2.45) is 29.6 Å². The highest BCUT2D eigenvalue weighted by Gasteiger charge is 2.16. The summed E-state index contributed by atoms with van der Waals surface area (Å²) in [6.45, 7) is 18.1. The Bertz CT molecular complexity index is 934. The Morgan fingerprint density at radius 1 is 0.439 bits per heavy atom. The van der Waals surface area contributed by atoms with Crippen molar-refractivity contribution >= 4 is 17.9 Å². The first-order chi connectivity index (χ1) is 27.3. The predicted octanol–water partition coefficient (Wildman–Crippen LogP) is 14.1. The summed E-state index contributed by atoms with van der Waals surface area (Å²) < 4.78 is 17.1. The van der Waals surface area contributed by atoms with E-state index in [-0.39, 0.29) is 24.0 Å². The van der Waals surface area contributed by atoms with Crippen molar-refractivity contribution in [1.29, 1.82) is 0 Å². The average Bonchev–Trinajstić information content (AvgIpc) is 3.15. The van der Waals surface area contributed by atoms with Crippen LogP contribution in [0.3, 0.4) is 0 Å². The summed E-state index contributed by atoms with van der Waals surface area (Å²) in [5.74, 6) is 3.49. The van der Waals surface area contributed by atoms with Crippen LogP contribution in [-0.2, 0) is 28.6 Å². The number of carbonyl (C=O) groups excluding carboxylic acids is 3. The molecule has 0 heterocycles. The monoisotopic (exact) mass is 808 g/mol. The lowest BCUT2D eigenvalue weighted by Crippen LogP contribution is -2.20. The first kappa shape index (κ1) is 55.4. The quantitative estimate of drug-likeness (QED) is 0.0346. The molecule has 0 saturated carbocycles. The van der Waals surface area contributed by atoms with Gasteiger partial charge in [0.05, 0.1) is 13.2 Å². The summed E-state index contributed by atoms with van der Waals surface area (Å²) in [5, 5.41) is 0. The Labute approximate surface area is 354 Å². The van der Waals surface area contributed by atoms with Gasteiger partial charge in [-0.25, -0.2) is 0 Å². The van der Waals surface area contributed by atoms with Crippen LogP contribution in [0, 0.1) is 29.6 Å². The highest BCUT2D eigenvalue weighted by atomic mass is 16.5. The zero-order valence-electron chi connectivity index (χ0n) is 39.5. The van der Waals surface area contributed by atoms with E-state index in [1.807, 2.05) is 14.1 Å². The number of nitrogens with zero attached hydrogens (tertiary/aromatic N) is 1. The van der Waals surface area contributed by atoms with Gasteiger partial charge in [-0.3, -0.25) is 14.4 Å². The molecular weight excluding hydrogens is 711 g/mol. The molecule has 0 aromatic heterocycles. The fraction of sp³-hybridized carbons (Fsp3) is 0.940. The first-order valence-corrected chi connectivity index (χ1v) is 24.5. The number of hydrogen-bond donors (Lipinski definition) is 0. The predicted molar refractivity (Wildman–Crippen MR) is 241 cm³/mol. The SMILES string of the molecule is CCCCC(CCCOC(=O)CCCCCCCCCC(CCCCCCCCCC(=O)OCCCC(CCC(C)C)C(C)C)OC(=O)CCCN(C)C)C(C)C. The Morgan fingerprint density at radius 3 is 1.26 bits per heavy atom. The average molecular weight is 808 g/mol. The van der Waals surface area contributed by atoms with Gasteiger partial charge in [0.15, 0.2) is 0 Å². The summed E-state index contributed by atoms with van der Waals surface area (Å²) in [6.07, 6.45) is 30.6. The van der Waals surface area contributed by atoms with Crippen molar-refractivity contribution in [1.82, 2.24) is 4.90 Å². The van der Waals surface area contributed by atoms with E-state index in [0.717, 1.165) is 133 Å². The Balaban J connectivity index is 4.14. The van der Waals surface area contributed by atoms with Gasteiger partial charge in [-0.15, -0.1) is 0 Å². The third kappa shape index (κ3) is 37.1. The van der Waals surface area contributed by atoms with Crippen LogP contribution < -0.4 is 0 Å². The molecule has 57 heavy (non-hydrogen) atoms. The molecule has 0 rings (SSSR count). The maximum Gasteiger partial charge on any atom is 0.306 e. The van der Waals surface area contributed by atoms with Crippen molar-refractivity contribution in [3.05, 3.63) is 0 Å². The maximum absolute atomic E-state index is 12.6. The third-order valence-corrected chi connectivity index (χ3v) is 12.0. The van der Waals surface area contributed by atoms with E-state index in [4.69, 9.17) is 14.2 Å². The van der Waals surface area contributed by atoms with Gasteiger partial charge in [0.1, 0.15) is 6.10 Å². The molecule has 0 aliphatic heterocycles. The normalized spacial score (nSPS) is 13.4. The molecule has 0 N–H and O–H groups in total. The highest BCUT2D eigenvalue weighted by Crippen LogP contribution is 2.25. The van der Waals surface area contributed by atoms with Crippen LogP contribution in [0.5, 0.6) is 0 Å². The largest absolute Gasteiger partial charge is 0.466 e. The highest BCUT2D eigenvalue weighted by molar-refractivity contribution is 5.70. The van der Waals surface area contributed by atoms with Crippen molar-refractivity contribution in [2.45, 2.75) is 241 Å². The van der Waals surface area contributed by atoms with Crippen LogP contribution in [0.25, 0.3) is 0 Å². The molecule has 0 radical (unpaired) electrons. The fourth-order valence-electron chi connectivity index (χ4n) is 7.94. The summed E-state index contributed by atoms with van der Waals surface area (Å²) in [4.78, 5) is 39.2. The second-order valence-electron chi connectivity index (χ2n) is 18.9. The van der Waals surface area contributed by atoms with Gasteiger partial charge in [0, 0.05) is 19.3 Å². The fourth-order valence-corrected chi connectivity index (χ4v) is 7.94. The van der Waals surface area contributed by atoms with Crippen LogP contribution in [0.4, 0.5) is 0 Å². The molecular formula is C50H97NO6. The molecule has 0 bridgehead atoms. The van der Waals surface area contributed by atoms with E-state index in [1.54, 1.807) is 0 Å². The topological polar surface area (TPSA) is 82.1 Å². The summed E-state index contributed by atoms with van der Waals surface area (Å²) in [5.41, 5.74) is 0. The number of unbranched alkanes of at least 4 members (excludes halogenated alkanes) is 13. The minimum absolute atomic E-state index is 0.0257. The van der Waals surface area contributed by atoms with E-state index < -0.39 is 0 Å². The van der Waals surface area contributed by atoms with Crippen molar-refractivity contribution in [3.63, 3.8) is 0 Å². The summed E-state index contributed by atoms with van der Waals surface area (Å²) in [7, 11) is 4.07. The van der Waals surface area contributed by atoms with E-state index in [2.05, 4.69) is 53.4 Å². The van der Waals surface area contributed by atoms with E-state index >= 15 is 0 Å². The van der Waals surface area contributed by atoms with Crippen LogP contribution in [0.2, 0.25) is 0 Å². The molecule has 0 aromatic carbocycles. The molecule has 0 aromatic rings. The van der Waals surface area contributed by atoms with E-state index in [1.165, 1.54) is 57.8 Å². The molecule has 0 amide bonds. The van der Waals surface area contributed by atoms with Crippen molar-refractivity contribution < 1.29 is 28.6 Å². The second kappa shape index (κ2) is 38.6. The molecule has 0 saturated heterocycles. The standard InChI is InChI=1S/C50H97NO6/c1-10-11-29-45(43(4)5)30-27-40-55-48(52)34-24-20-16-12-14-18-22-32-47(57-50(54)36-26-39-51(8)9)33-23-19-15-13-17-21-25-35-49(53)56-41-28-31-46(44(6)7)38-37-42(2)3/h42-47H,10-41H2,1-9H3. The molecule has 0 aliphatic rings. The van der Waals surface area contributed by atoms with Gasteiger partial charge in [-0.1, -0.05) is 138 Å². The lowest BCUT2D eigenvalue weighted by atomic mass is 9.85. The smallest absolute Gasteiger partial charge is 0.306 e. The van der Waals surface area contributed by atoms with E-state index in [0.29, 0.717) is 44.3 Å². The van der Waals surface area contributed by atoms with Gasteiger partial charge < -0.3 is 19.1 Å². The van der Waals surface area contributed by atoms with Gasteiger partial charge in [0.25, 0.3) is 0 Å². The van der Waals surface area contributed by atoms with Crippen LogP contribution >= 0.6 is 0 Å². The zero-order valence-corrected chi connectivity index (χ0v) is 39.5. The minimum atomic E-state index is -0.0491. The molecule has 0 fully saturated rings. The Hall–Kier alpha value is -1.63. The summed E-state index contributed by atoms with van der Waals surface area (Å²) in [6, 6.07) is 0. The molecule has 0 aliphatic carbocycles. The second-order valence-corrected chi connectivity index (χ2v) is 18.9. The Kier molecular flexibility index (Phi) is 37.5. The van der Waals surface area contributed by atoms with Gasteiger partial charge in [-0.2, -0.15) is 0 Å². The number of esters is 3. The van der Waals surface area contributed by atoms with Crippen molar-refractivity contribution in [2.75, 3.05) is 33.9 Å². The number of hydrogen-bond acceptors (Lipinski definition) is 7. The molecule has 0 spiro atoms. The Morgan fingerprint density at radius 2 is 0.842 bits per heavy atom. The minimum Gasteiger partial charge on any atom is -0.466 e. The van der Waals surface area contributed by atoms with Gasteiger partial charge in [-0.05, 0) is 127 Å². The van der Waals surface area contributed by atoms with Gasteiger partial charge in [0.2, 0.25) is 0 Å². The molecule has 7 nitrogen and oxygen atoms in total. The van der Waals surface area contributed by atoms with Crippen LogP contribution in [-0.4, -0.2) is 62.8 Å². The maximum atomic E-state index is 12.6.